The van der Waals surface area contributed by atoms with Crippen LogP contribution < -0.4 is 0 Å². The van der Waals surface area contributed by atoms with Crippen molar-refractivity contribution in [1.29, 1.82) is 0 Å². The van der Waals surface area contributed by atoms with Crippen molar-refractivity contribution in [2.24, 2.45) is 0 Å². The molecule has 1 rings (SSSR count). The van der Waals surface area contributed by atoms with E-state index in [9.17, 15) is 4.79 Å². The fourth-order valence-electron chi connectivity index (χ4n) is 1.07. The van der Waals surface area contributed by atoms with Crippen molar-refractivity contribution in [3.05, 3.63) is 34.9 Å². The molecule has 1 aromatic rings. The van der Waals surface area contributed by atoms with Crippen LogP contribution in [0.2, 0.25) is 5.02 Å². The molecule has 0 amide bonds. The predicted molar refractivity (Wildman–Crippen MR) is 55.2 cm³/mol. The minimum Gasteiger partial charge on any atom is -0.299 e. The number of benzene rings is 1. The Bertz CT molecular complexity index is 311. The molecule has 0 saturated carbocycles. The molecule has 1 aromatic carbocycles. The van der Waals surface area contributed by atoms with Crippen LogP contribution >= 0.6 is 11.6 Å². The topological polar surface area (TPSA) is 17.1 Å². The van der Waals surface area contributed by atoms with Gasteiger partial charge in [0, 0.05) is 10.4 Å². The maximum atomic E-state index is 11.3. The van der Waals surface area contributed by atoms with Gasteiger partial charge in [-0.2, -0.15) is 0 Å². The van der Waals surface area contributed by atoms with Crippen LogP contribution in [-0.4, -0.2) is 5.78 Å². The van der Waals surface area contributed by atoms with Gasteiger partial charge in [-0.15, -0.1) is 0 Å². The van der Waals surface area contributed by atoms with Crippen LogP contribution in [0.3, 0.4) is 0 Å². The zero-order chi connectivity index (χ0) is 10.1. The number of Topliss-reactive ketones (excluding diaryl/α,β-unsaturated/α-hetero) is 1. The highest BCUT2D eigenvalue weighted by atomic mass is 35.5. The molecule has 0 unspecified atom stereocenters. The predicted octanol–water partition coefficient (Wildman–Crippen LogP) is 3.21. The Morgan fingerprint density at radius 2 is 1.69 bits per heavy atom. The lowest BCUT2D eigenvalue weighted by Gasteiger charge is -2.21. The van der Waals surface area contributed by atoms with Crippen LogP contribution in [0.5, 0.6) is 0 Å². The van der Waals surface area contributed by atoms with Crippen molar-refractivity contribution < 1.29 is 4.79 Å². The van der Waals surface area contributed by atoms with Crippen molar-refractivity contribution >= 4 is 17.4 Å². The standard InChI is InChI=1S/C11H13ClO/c1-8(13)11(2,3)9-4-6-10(12)7-5-9/h4-7H,1-3H3. The number of rotatable bonds is 2. The maximum Gasteiger partial charge on any atom is 0.139 e. The summed E-state index contributed by atoms with van der Waals surface area (Å²) in [7, 11) is 0. The lowest BCUT2D eigenvalue weighted by Crippen LogP contribution is -2.26. The highest BCUT2D eigenvalue weighted by Crippen LogP contribution is 2.25. The number of carbonyl (C=O) groups excluding carboxylic acids is 1. The number of carbonyl (C=O) groups is 1. The van der Waals surface area contributed by atoms with E-state index >= 15 is 0 Å². The molecule has 0 aromatic heterocycles. The number of ketones is 1. The van der Waals surface area contributed by atoms with Gasteiger partial charge in [0.25, 0.3) is 0 Å². The summed E-state index contributed by atoms with van der Waals surface area (Å²) >= 11 is 5.76. The fourth-order valence-corrected chi connectivity index (χ4v) is 1.20. The molecule has 0 aliphatic heterocycles. The first-order valence-electron chi connectivity index (χ1n) is 4.21. The van der Waals surface area contributed by atoms with Gasteiger partial charge in [0.15, 0.2) is 0 Å². The van der Waals surface area contributed by atoms with Crippen LogP contribution in [0.25, 0.3) is 0 Å². The molecule has 13 heavy (non-hydrogen) atoms. The molecule has 0 aliphatic carbocycles. The van der Waals surface area contributed by atoms with E-state index < -0.39 is 5.41 Å². The average molecular weight is 197 g/mol. The van der Waals surface area contributed by atoms with Gasteiger partial charge in [-0.1, -0.05) is 23.7 Å². The van der Waals surface area contributed by atoms with Crippen molar-refractivity contribution in [1.82, 2.24) is 0 Å². The summed E-state index contributed by atoms with van der Waals surface area (Å²) in [5.41, 5.74) is 0.592. The van der Waals surface area contributed by atoms with E-state index in [1.807, 2.05) is 38.1 Å². The first-order chi connectivity index (χ1) is 5.94. The maximum absolute atomic E-state index is 11.3. The summed E-state index contributed by atoms with van der Waals surface area (Å²) in [6, 6.07) is 7.40. The van der Waals surface area contributed by atoms with Crippen LogP contribution in [0.4, 0.5) is 0 Å². The summed E-state index contributed by atoms with van der Waals surface area (Å²) in [4.78, 5) is 11.3. The Labute approximate surface area is 83.7 Å². The van der Waals surface area contributed by atoms with E-state index in [0.29, 0.717) is 5.02 Å². The third-order valence-electron chi connectivity index (χ3n) is 2.45. The second-order valence-electron chi connectivity index (χ2n) is 3.69. The van der Waals surface area contributed by atoms with Crippen LogP contribution in [-0.2, 0) is 10.2 Å². The van der Waals surface area contributed by atoms with Crippen LogP contribution in [0, 0.1) is 0 Å². The average Bonchev–Trinajstić information content (AvgIpc) is 2.04. The zero-order valence-electron chi connectivity index (χ0n) is 8.10. The van der Waals surface area contributed by atoms with E-state index in [0.717, 1.165) is 5.56 Å². The molecule has 0 fully saturated rings. The van der Waals surface area contributed by atoms with E-state index in [2.05, 4.69) is 0 Å². The van der Waals surface area contributed by atoms with Crippen molar-refractivity contribution in [2.45, 2.75) is 26.2 Å². The molecule has 0 radical (unpaired) electrons. The lowest BCUT2D eigenvalue weighted by molar-refractivity contribution is -0.121. The molecule has 0 aliphatic rings. The highest BCUT2D eigenvalue weighted by molar-refractivity contribution is 6.30. The Balaban J connectivity index is 3.08. The van der Waals surface area contributed by atoms with Gasteiger partial charge in [0.2, 0.25) is 0 Å². The molecule has 0 saturated heterocycles. The zero-order valence-corrected chi connectivity index (χ0v) is 8.85. The third-order valence-corrected chi connectivity index (χ3v) is 2.70. The van der Waals surface area contributed by atoms with E-state index in [1.165, 1.54) is 0 Å². The van der Waals surface area contributed by atoms with E-state index in [1.54, 1.807) is 6.92 Å². The first-order valence-corrected chi connectivity index (χ1v) is 4.59. The molecule has 0 bridgehead atoms. The molecule has 0 spiro atoms. The molecular weight excluding hydrogens is 184 g/mol. The summed E-state index contributed by atoms with van der Waals surface area (Å²) < 4.78 is 0. The smallest absolute Gasteiger partial charge is 0.139 e. The number of hydrogen-bond acceptors (Lipinski definition) is 1. The van der Waals surface area contributed by atoms with Gasteiger partial charge in [-0.05, 0) is 38.5 Å². The van der Waals surface area contributed by atoms with Crippen molar-refractivity contribution in [3.63, 3.8) is 0 Å². The highest BCUT2D eigenvalue weighted by Gasteiger charge is 2.25. The molecule has 2 heteroatoms. The normalized spacial score (nSPS) is 11.4. The Morgan fingerprint density at radius 3 is 2.08 bits per heavy atom. The quantitative estimate of drug-likeness (QED) is 0.710. The lowest BCUT2D eigenvalue weighted by atomic mass is 9.81. The van der Waals surface area contributed by atoms with Gasteiger partial charge in [-0.25, -0.2) is 0 Å². The molecule has 70 valence electrons. The Morgan fingerprint density at radius 1 is 1.23 bits per heavy atom. The summed E-state index contributed by atoms with van der Waals surface area (Å²) in [5.74, 6) is 0.162. The molecule has 1 nitrogen and oxygen atoms in total. The molecular formula is C11H13ClO. The first kappa shape index (κ1) is 10.3. The monoisotopic (exact) mass is 196 g/mol. The molecule has 0 N–H and O–H groups in total. The van der Waals surface area contributed by atoms with Crippen LogP contribution in [0.1, 0.15) is 26.3 Å². The molecule has 0 atom stereocenters. The number of hydrogen-bond donors (Lipinski definition) is 0. The Hall–Kier alpha value is -0.820. The molecule has 0 heterocycles. The minimum atomic E-state index is -0.412. The second kappa shape index (κ2) is 3.51. The number of halogens is 1. The van der Waals surface area contributed by atoms with Gasteiger partial charge < -0.3 is 0 Å². The van der Waals surface area contributed by atoms with Crippen LogP contribution in [0.15, 0.2) is 24.3 Å². The Kier molecular flexibility index (Phi) is 2.77. The summed E-state index contributed by atoms with van der Waals surface area (Å²) in [6.45, 7) is 5.44. The SMILES string of the molecule is CC(=O)C(C)(C)c1ccc(Cl)cc1. The third kappa shape index (κ3) is 2.10. The summed E-state index contributed by atoms with van der Waals surface area (Å²) in [5, 5.41) is 0.697. The fraction of sp³-hybridized carbons (Fsp3) is 0.364. The van der Waals surface area contributed by atoms with Crippen molar-refractivity contribution in [3.8, 4) is 0 Å². The van der Waals surface area contributed by atoms with E-state index in [4.69, 9.17) is 11.6 Å². The second-order valence-corrected chi connectivity index (χ2v) is 4.12. The summed E-state index contributed by atoms with van der Waals surface area (Å²) in [6.07, 6.45) is 0. The minimum absolute atomic E-state index is 0.162. The van der Waals surface area contributed by atoms with Gasteiger partial charge in [-0.3, -0.25) is 4.79 Å². The van der Waals surface area contributed by atoms with Gasteiger partial charge >= 0.3 is 0 Å². The van der Waals surface area contributed by atoms with Gasteiger partial charge in [0.1, 0.15) is 5.78 Å². The van der Waals surface area contributed by atoms with Gasteiger partial charge in [0.05, 0.1) is 0 Å². The van der Waals surface area contributed by atoms with E-state index in [-0.39, 0.29) is 5.78 Å². The largest absolute Gasteiger partial charge is 0.299 e. The van der Waals surface area contributed by atoms with Crippen molar-refractivity contribution in [2.75, 3.05) is 0 Å².